The molecule has 0 aliphatic heterocycles. The van der Waals surface area contributed by atoms with Gasteiger partial charge in [0.2, 0.25) is 0 Å². The smallest absolute Gasteiger partial charge is 0.328 e. The van der Waals surface area contributed by atoms with Crippen molar-refractivity contribution in [2.75, 3.05) is 5.32 Å². The molecular weight excluding hydrogens is 367 g/mol. The molecule has 2 N–H and O–H groups in total. The van der Waals surface area contributed by atoms with Gasteiger partial charge in [-0.25, -0.2) is 4.98 Å². The van der Waals surface area contributed by atoms with Gasteiger partial charge in [-0.15, -0.1) is 11.3 Å². The number of benzene rings is 1. The second kappa shape index (κ2) is 7.12. The highest BCUT2D eigenvalue weighted by molar-refractivity contribution is 7.15. The number of alkyl halides is 3. The number of thiazole rings is 1. The molecule has 0 radical (unpaired) electrons. The number of carbonyl (C=O) groups is 1. The number of halogens is 3. The Kier molecular flexibility index (Phi) is 4.90. The van der Waals surface area contributed by atoms with E-state index in [4.69, 9.17) is 0 Å². The van der Waals surface area contributed by atoms with Crippen LogP contribution >= 0.6 is 11.3 Å². The first-order chi connectivity index (χ1) is 12.3. The van der Waals surface area contributed by atoms with Crippen molar-refractivity contribution in [2.45, 2.75) is 12.6 Å². The van der Waals surface area contributed by atoms with Crippen LogP contribution in [0.3, 0.4) is 0 Å². The molecule has 0 saturated heterocycles. The molecule has 0 unspecified atom stereocenters. The van der Waals surface area contributed by atoms with Crippen molar-refractivity contribution < 1.29 is 18.0 Å². The fourth-order valence-corrected chi connectivity index (χ4v) is 3.11. The Labute approximate surface area is 149 Å². The third kappa shape index (κ3) is 4.17. The van der Waals surface area contributed by atoms with E-state index in [0.29, 0.717) is 10.4 Å². The number of nitrogens with zero attached hydrogens (tertiary/aromatic N) is 1. The Bertz CT molecular complexity index is 995. The van der Waals surface area contributed by atoms with E-state index in [-0.39, 0.29) is 17.1 Å². The summed E-state index contributed by atoms with van der Waals surface area (Å²) in [4.78, 5) is 30.8. The third-order valence-corrected chi connectivity index (χ3v) is 4.38. The van der Waals surface area contributed by atoms with Gasteiger partial charge in [-0.05, 0) is 23.8 Å². The summed E-state index contributed by atoms with van der Waals surface area (Å²) < 4.78 is 38.3. The van der Waals surface area contributed by atoms with E-state index in [1.165, 1.54) is 30.6 Å². The minimum Gasteiger partial charge on any atom is -0.328 e. The van der Waals surface area contributed by atoms with Crippen LogP contribution in [0.25, 0.3) is 0 Å². The average molecular weight is 379 g/mol. The van der Waals surface area contributed by atoms with Crippen molar-refractivity contribution in [3.8, 4) is 0 Å². The van der Waals surface area contributed by atoms with Crippen LogP contribution in [0.1, 0.15) is 26.4 Å². The van der Waals surface area contributed by atoms with Gasteiger partial charge in [0, 0.05) is 23.7 Å². The zero-order valence-corrected chi connectivity index (χ0v) is 13.9. The van der Waals surface area contributed by atoms with Crippen LogP contribution in [0.5, 0.6) is 0 Å². The van der Waals surface area contributed by atoms with Crippen LogP contribution < -0.4 is 10.9 Å². The second-order valence-electron chi connectivity index (χ2n) is 5.37. The zero-order valence-electron chi connectivity index (χ0n) is 13.1. The van der Waals surface area contributed by atoms with Crippen LogP contribution in [0.15, 0.2) is 53.6 Å². The summed E-state index contributed by atoms with van der Waals surface area (Å²) >= 11 is 1.13. The maximum atomic E-state index is 12.8. The van der Waals surface area contributed by atoms with Crippen molar-refractivity contribution >= 4 is 22.4 Å². The summed E-state index contributed by atoms with van der Waals surface area (Å²) in [6.45, 7) is 0. The van der Waals surface area contributed by atoms with Crippen molar-refractivity contribution in [3.05, 3.63) is 80.7 Å². The van der Waals surface area contributed by atoms with Gasteiger partial charge < -0.3 is 4.98 Å². The highest BCUT2D eigenvalue weighted by Gasteiger charge is 2.30. The number of aromatic nitrogens is 2. The fourth-order valence-electron chi connectivity index (χ4n) is 2.27. The largest absolute Gasteiger partial charge is 0.416 e. The summed E-state index contributed by atoms with van der Waals surface area (Å²) in [5.74, 6) is -0.605. The third-order valence-electron chi connectivity index (χ3n) is 3.47. The maximum absolute atomic E-state index is 12.8. The normalized spacial score (nSPS) is 11.3. The lowest BCUT2D eigenvalue weighted by Gasteiger charge is -2.07. The second-order valence-corrected chi connectivity index (χ2v) is 6.49. The lowest BCUT2D eigenvalue weighted by Crippen LogP contribution is -2.22. The molecule has 2 aromatic heterocycles. The molecule has 1 amide bonds. The first-order valence-electron chi connectivity index (χ1n) is 7.43. The summed E-state index contributed by atoms with van der Waals surface area (Å²) in [7, 11) is 0. The first kappa shape index (κ1) is 17.9. The number of hydrogen-bond donors (Lipinski definition) is 2. The van der Waals surface area contributed by atoms with Crippen LogP contribution in [0, 0.1) is 0 Å². The number of carbonyl (C=O) groups excluding carboxylic acids is 1. The number of hydrogen-bond acceptors (Lipinski definition) is 4. The van der Waals surface area contributed by atoms with Crippen molar-refractivity contribution in [1.82, 2.24) is 9.97 Å². The summed E-state index contributed by atoms with van der Waals surface area (Å²) in [5, 5.41) is 2.77. The molecule has 0 aliphatic carbocycles. The zero-order chi connectivity index (χ0) is 18.7. The molecule has 9 heteroatoms. The standard InChI is InChI=1S/C17H12F3N3O2S/c18-17(19,20)11-4-1-3-10(7-11)8-12-9-22-16(26-12)23-15(25)13-5-2-6-21-14(13)24/h1-7,9H,8H2,(H,21,24)(H,22,23,25). The molecule has 0 bridgehead atoms. The molecule has 3 rings (SSSR count). The van der Waals surface area contributed by atoms with E-state index < -0.39 is 23.2 Å². The molecule has 3 aromatic rings. The molecule has 26 heavy (non-hydrogen) atoms. The number of rotatable bonds is 4. The fraction of sp³-hybridized carbons (Fsp3) is 0.118. The van der Waals surface area contributed by atoms with Crippen molar-refractivity contribution in [1.29, 1.82) is 0 Å². The summed E-state index contributed by atoms with van der Waals surface area (Å²) in [6.07, 6.45) is -1.25. The Morgan fingerprint density at radius 2 is 2.04 bits per heavy atom. The van der Waals surface area contributed by atoms with E-state index >= 15 is 0 Å². The number of pyridine rings is 1. The number of anilines is 1. The molecule has 0 spiro atoms. The highest BCUT2D eigenvalue weighted by atomic mass is 32.1. The lowest BCUT2D eigenvalue weighted by atomic mass is 10.1. The maximum Gasteiger partial charge on any atom is 0.416 e. The number of aromatic amines is 1. The Hall–Kier alpha value is -2.94. The predicted molar refractivity (Wildman–Crippen MR) is 91.4 cm³/mol. The van der Waals surface area contributed by atoms with E-state index in [2.05, 4.69) is 15.3 Å². The molecule has 2 heterocycles. The van der Waals surface area contributed by atoms with Gasteiger partial charge in [0.15, 0.2) is 5.13 Å². The molecular formula is C17H12F3N3O2S. The van der Waals surface area contributed by atoms with Gasteiger partial charge >= 0.3 is 6.18 Å². The van der Waals surface area contributed by atoms with Gasteiger partial charge in [0.25, 0.3) is 11.5 Å². The molecule has 0 atom stereocenters. The van der Waals surface area contributed by atoms with E-state index in [1.807, 2.05) is 0 Å². The van der Waals surface area contributed by atoms with Crippen LogP contribution in [-0.2, 0) is 12.6 Å². The van der Waals surface area contributed by atoms with Crippen molar-refractivity contribution in [3.63, 3.8) is 0 Å². The number of nitrogens with one attached hydrogen (secondary N) is 2. The average Bonchev–Trinajstić information content (AvgIpc) is 3.01. The van der Waals surface area contributed by atoms with E-state index in [0.717, 1.165) is 23.5 Å². The minimum absolute atomic E-state index is 0.0536. The quantitative estimate of drug-likeness (QED) is 0.726. The molecule has 1 aromatic carbocycles. The SMILES string of the molecule is O=C(Nc1ncc(Cc2cccc(C(F)(F)F)c2)s1)c1ccc[nH]c1=O. The van der Waals surface area contributed by atoms with Gasteiger partial charge in [-0.2, -0.15) is 13.2 Å². The first-order valence-corrected chi connectivity index (χ1v) is 8.24. The molecule has 5 nitrogen and oxygen atoms in total. The van der Waals surface area contributed by atoms with E-state index in [9.17, 15) is 22.8 Å². The predicted octanol–water partition coefficient (Wildman–Crippen LogP) is 3.69. The Morgan fingerprint density at radius 3 is 2.77 bits per heavy atom. The monoisotopic (exact) mass is 379 g/mol. The highest BCUT2D eigenvalue weighted by Crippen LogP contribution is 2.30. The lowest BCUT2D eigenvalue weighted by molar-refractivity contribution is -0.137. The van der Waals surface area contributed by atoms with Crippen molar-refractivity contribution in [2.24, 2.45) is 0 Å². The topological polar surface area (TPSA) is 74.8 Å². The molecule has 0 fully saturated rings. The number of amides is 1. The van der Waals surface area contributed by atoms with Crippen LogP contribution in [-0.4, -0.2) is 15.9 Å². The van der Waals surface area contributed by atoms with Crippen LogP contribution in [0.2, 0.25) is 0 Å². The number of H-pyrrole nitrogens is 1. The minimum atomic E-state index is -4.40. The van der Waals surface area contributed by atoms with Gasteiger partial charge in [-0.3, -0.25) is 14.9 Å². The Morgan fingerprint density at radius 1 is 1.23 bits per heavy atom. The molecule has 134 valence electrons. The van der Waals surface area contributed by atoms with Gasteiger partial charge in [0.1, 0.15) is 5.56 Å². The Balaban J connectivity index is 1.72. The summed E-state index contributed by atoms with van der Waals surface area (Å²) in [6, 6.07) is 7.95. The van der Waals surface area contributed by atoms with Crippen LogP contribution in [0.4, 0.5) is 18.3 Å². The summed E-state index contributed by atoms with van der Waals surface area (Å²) in [5.41, 5.74) is -0.801. The van der Waals surface area contributed by atoms with E-state index in [1.54, 1.807) is 6.07 Å². The van der Waals surface area contributed by atoms with Gasteiger partial charge in [-0.1, -0.05) is 18.2 Å². The molecule has 0 saturated carbocycles. The molecule has 0 aliphatic rings. The van der Waals surface area contributed by atoms with Gasteiger partial charge in [0.05, 0.1) is 5.56 Å².